The van der Waals surface area contributed by atoms with Crippen LogP contribution in [0.2, 0.25) is 0 Å². The van der Waals surface area contributed by atoms with Crippen molar-refractivity contribution in [1.82, 2.24) is 4.90 Å². The standard InChI is InChI=1S/C23H33N/c1-6-8-9-23(18(3)4)22(7-2)21-12-10-19(11-13-21)20-14-16-24(5)17-15-20/h7-13,20H,6,14-17H2,1-5H3/b9-8-,22-7-. The third kappa shape index (κ3) is 4.70. The molecular formula is C23H33N. The highest BCUT2D eigenvalue weighted by Gasteiger charge is 2.18. The molecule has 130 valence electrons. The Labute approximate surface area is 148 Å². The summed E-state index contributed by atoms with van der Waals surface area (Å²) in [5, 5.41) is 0. The fourth-order valence-corrected chi connectivity index (χ4v) is 3.52. The summed E-state index contributed by atoms with van der Waals surface area (Å²) in [6.45, 7) is 11.2. The Morgan fingerprint density at radius 2 is 1.75 bits per heavy atom. The van der Waals surface area contributed by atoms with Crippen molar-refractivity contribution in [3.05, 3.63) is 64.8 Å². The molecule has 0 aliphatic carbocycles. The first-order valence-electron chi connectivity index (χ1n) is 9.36. The average molecular weight is 324 g/mol. The van der Waals surface area contributed by atoms with Gasteiger partial charge in [0.25, 0.3) is 0 Å². The third-order valence-corrected chi connectivity index (χ3v) is 5.05. The molecule has 0 amide bonds. The molecule has 0 spiro atoms. The molecule has 0 unspecified atom stereocenters. The lowest BCUT2D eigenvalue weighted by molar-refractivity contribution is 0.255. The van der Waals surface area contributed by atoms with Gasteiger partial charge in [0.2, 0.25) is 0 Å². The van der Waals surface area contributed by atoms with Crippen molar-refractivity contribution in [3.63, 3.8) is 0 Å². The molecule has 0 radical (unpaired) electrons. The van der Waals surface area contributed by atoms with Crippen LogP contribution in [0.1, 0.15) is 64.0 Å². The van der Waals surface area contributed by atoms with Crippen LogP contribution in [0, 0.1) is 0 Å². The van der Waals surface area contributed by atoms with Crippen LogP contribution in [0.15, 0.2) is 53.6 Å². The predicted octanol–water partition coefficient (Wildman–Crippen LogP) is 6.20. The van der Waals surface area contributed by atoms with Gasteiger partial charge in [-0.05, 0) is 88.4 Å². The predicted molar refractivity (Wildman–Crippen MR) is 107 cm³/mol. The highest BCUT2D eigenvalue weighted by atomic mass is 15.1. The molecule has 0 bridgehead atoms. The molecular weight excluding hydrogens is 290 g/mol. The molecule has 1 saturated heterocycles. The van der Waals surface area contributed by atoms with Crippen LogP contribution in [0.5, 0.6) is 0 Å². The van der Waals surface area contributed by atoms with E-state index < -0.39 is 0 Å². The number of hydrogen-bond donors (Lipinski definition) is 0. The lowest BCUT2D eigenvalue weighted by Gasteiger charge is -2.29. The van der Waals surface area contributed by atoms with Gasteiger partial charge in [-0.25, -0.2) is 0 Å². The van der Waals surface area contributed by atoms with E-state index in [1.54, 1.807) is 0 Å². The van der Waals surface area contributed by atoms with Gasteiger partial charge in [-0.2, -0.15) is 0 Å². The van der Waals surface area contributed by atoms with Crippen LogP contribution in [0.3, 0.4) is 0 Å². The second-order valence-corrected chi connectivity index (χ2v) is 7.13. The molecule has 1 heteroatoms. The number of benzene rings is 1. The van der Waals surface area contributed by atoms with Crippen LogP contribution in [0.4, 0.5) is 0 Å². The Morgan fingerprint density at radius 3 is 2.25 bits per heavy atom. The highest BCUT2D eigenvalue weighted by molar-refractivity contribution is 5.82. The summed E-state index contributed by atoms with van der Waals surface area (Å²) in [6.07, 6.45) is 10.4. The SMILES string of the molecule is C/C=C(\C(/C=C\CC)=C(C)C)c1ccc(C2CCN(C)CC2)cc1. The second-order valence-electron chi connectivity index (χ2n) is 7.13. The van der Waals surface area contributed by atoms with E-state index in [0.717, 1.165) is 12.3 Å². The van der Waals surface area contributed by atoms with Crippen LogP contribution in [-0.4, -0.2) is 25.0 Å². The van der Waals surface area contributed by atoms with Gasteiger partial charge in [0.05, 0.1) is 0 Å². The Bertz CT molecular complexity index is 604. The lowest BCUT2D eigenvalue weighted by atomic mass is 9.87. The smallest absolute Gasteiger partial charge is 0.00159 e. The van der Waals surface area contributed by atoms with Crippen LogP contribution >= 0.6 is 0 Å². The Hall–Kier alpha value is -1.60. The lowest BCUT2D eigenvalue weighted by Crippen LogP contribution is -2.29. The summed E-state index contributed by atoms with van der Waals surface area (Å²) in [4.78, 5) is 2.43. The second kappa shape index (κ2) is 9.03. The zero-order valence-corrected chi connectivity index (χ0v) is 16.1. The topological polar surface area (TPSA) is 3.24 Å². The van der Waals surface area contributed by atoms with E-state index in [1.165, 1.54) is 53.8 Å². The van der Waals surface area contributed by atoms with Gasteiger partial charge < -0.3 is 4.90 Å². The fourth-order valence-electron chi connectivity index (χ4n) is 3.52. The largest absolute Gasteiger partial charge is 0.306 e. The van der Waals surface area contributed by atoms with Gasteiger partial charge in [-0.3, -0.25) is 0 Å². The monoisotopic (exact) mass is 323 g/mol. The number of likely N-dealkylation sites (tertiary alicyclic amines) is 1. The molecule has 0 atom stereocenters. The Morgan fingerprint density at radius 1 is 1.12 bits per heavy atom. The van der Waals surface area contributed by atoms with Gasteiger partial charge in [-0.15, -0.1) is 0 Å². The van der Waals surface area contributed by atoms with E-state index in [1.807, 2.05) is 0 Å². The Balaban J connectivity index is 2.22. The number of allylic oxidation sites excluding steroid dienone is 6. The normalized spacial score (nSPS) is 17.5. The highest BCUT2D eigenvalue weighted by Crippen LogP contribution is 2.31. The van der Waals surface area contributed by atoms with E-state index in [2.05, 4.69) is 82.1 Å². The molecule has 1 fully saturated rings. The molecule has 24 heavy (non-hydrogen) atoms. The first-order chi connectivity index (χ1) is 11.6. The average Bonchev–Trinajstić information content (AvgIpc) is 2.59. The summed E-state index contributed by atoms with van der Waals surface area (Å²) < 4.78 is 0. The molecule has 0 N–H and O–H groups in total. The maximum atomic E-state index is 2.43. The zero-order chi connectivity index (χ0) is 17.5. The number of hydrogen-bond acceptors (Lipinski definition) is 1. The summed E-state index contributed by atoms with van der Waals surface area (Å²) in [5.41, 5.74) is 6.89. The van der Waals surface area contributed by atoms with Crippen molar-refractivity contribution in [2.24, 2.45) is 0 Å². The van der Waals surface area contributed by atoms with E-state index in [9.17, 15) is 0 Å². The first-order valence-corrected chi connectivity index (χ1v) is 9.36. The maximum absolute atomic E-state index is 2.43. The minimum Gasteiger partial charge on any atom is -0.306 e. The van der Waals surface area contributed by atoms with Crippen molar-refractivity contribution in [3.8, 4) is 0 Å². The molecule has 1 nitrogen and oxygen atoms in total. The van der Waals surface area contributed by atoms with Crippen molar-refractivity contribution in [1.29, 1.82) is 0 Å². The van der Waals surface area contributed by atoms with Crippen molar-refractivity contribution < 1.29 is 0 Å². The molecule has 2 rings (SSSR count). The van der Waals surface area contributed by atoms with Gasteiger partial charge in [0.15, 0.2) is 0 Å². The van der Waals surface area contributed by atoms with Gasteiger partial charge in [0.1, 0.15) is 0 Å². The van der Waals surface area contributed by atoms with Gasteiger partial charge in [0, 0.05) is 0 Å². The summed E-state index contributed by atoms with van der Waals surface area (Å²) >= 11 is 0. The Kier molecular flexibility index (Phi) is 7.05. The molecule has 0 saturated carbocycles. The molecule has 1 aromatic rings. The third-order valence-electron chi connectivity index (χ3n) is 5.05. The molecule has 1 heterocycles. The number of nitrogens with zero attached hydrogens (tertiary/aromatic N) is 1. The van der Waals surface area contributed by atoms with Crippen molar-refractivity contribution >= 4 is 5.57 Å². The van der Waals surface area contributed by atoms with E-state index >= 15 is 0 Å². The van der Waals surface area contributed by atoms with Crippen LogP contribution < -0.4 is 0 Å². The zero-order valence-electron chi connectivity index (χ0n) is 16.1. The van der Waals surface area contributed by atoms with Gasteiger partial charge in [-0.1, -0.05) is 55.0 Å². The van der Waals surface area contributed by atoms with Crippen molar-refractivity contribution in [2.75, 3.05) is 20.1 Å². The summed E-state index contributed by atoms with van der Waals surface area (Å²) in [5.74, 6) is 0.729. The van der Waals surface area contributed by atoms with Crippen molar-refractivity contribution in [2.45, 2.75) is 52.9 Å². The minimum atomic E-state index is 0.729. The van der Waals surface area contributed by atoms with Gasteiger partial charge >= 0.3 is 0 Å². The number of rotatable bonds is 5. The quantitative estimate of drug-likeness (QED) is 0.583. The van der Waals surface area contributed by atoms with E-state index in [-0.39, 0.29) is 0 Å². The summed E-state index contributed by atoms with van der Waals surface area (Å²) in [7, 11) is 2.22. The van der Waals surface area contributed by atoms with Crippen LogP contribution in [-0.2, 0) is 0 Å². The minimum absolute atomic E-state index is 0.729. The molecule has 1 aromatic carbocycles. The van der Waals surface area contributed by atoms with E-state index in [0.29, 0.717) is 0 Å². The number of piperidine rings is 1. The first kappa shape index (κ1) is 18.7. The molecule has 1 aliphatic heterocycles. The van der Waals surface area contributed by atoms with Crippen LogP contribution in [0.25, 0.3) is 5.57 Å². The maximum Gasteiger partial charge on any atom is -0.00159 e. The molecule has 1 aliphatic rings. The fraction of sp³-hybridized carbons (Fsp3) is 0.478. The molecule has 0 aromatic heterocycles. The van der Waals surface area contributed by atoms with E-state index in [4.69, 9.17) is 0 Å². The summed E-state index contributed by atoms with van der Waals surface area (Å²) in [6, 6.07) is 9.32.